The Bertz CT molecular complexity index is 746. The largest absolute Gasteiger partial charge is 0.397 e. The predicted molar refractivity (Wildman–Crippen MR) is 78.7 cm³/mol. The number of nitrogens with one attached hydrogen (secondary N) is 1. The fourth-order valence-corrected chi connectivity index (χ4v) is 2.41. The second kappa shape index (κ2) is 5.30. The second-order valence-corrected chi connectivity index (χ2v) is 6.70. The van der Waals surface area contributed by atoms with Crippen molar-refractivity contribution in [3.8, 4) is 0 Å². The third-order valence-electron chi connectivity index (χ3n) is 2.65. The molecule has 0 unspecified atom stereocenters. The fourth-order valence-electron chi connectivity index (χ4n) is 1.61. The summed E-state index contributed by atoms with van der Waals surface area (Å²) in [5.74, 6) is -0.587. The van der Waals surface area contributed by atoms with E-state index in [1.807, 2.05) is 0 Å². The van der Waals surface area contributed by atoms with E-state index in [-0.39, 0.29) is 9.92 Å². The summed E-state index contributed by atoms with van der Waals surface area (Å²) in [4.78, 5) is 0.207. The lowest BCUT2D eigenvalue weighted by Crippen LogP contribution is -1.99. The molecule has 0 atom stereocenters. The van der Waals surface area contributed by atoms with Gasteiger partial charge in [0, 0.05) is 18.0 Å². The molecule has 0 amide bonds. The Kier molecular flexibility index (Phi) is 3.87. The molecule has 2 aromatic carbocycles. The maximum atomic E-state index is 13.4. The molecule has 0 heterocycles. The van der Waals surface area contributed by atoms with Crippen LogP contribution in [-0.2, 0) is 9.84 Å². The zero-order valence-electron chi connectivity index (χ0n) is 10.5. The fraction of sp³-hybridized carbons (Fsp3) is 0.0769. The SMILES string of the molecule is CS(=O)(=O)c1ccc(Nc2cc(F)c(Cl)cc2N)cc1. The Hall–Kier alpha value is -1.79. The number of hydrogen-bond acceptors (Lipinski definition) is 4. The van der Waals surface area contributed by atoms with Crippen molar-refractivity contribution in [2.24, 2.45) is 0 Å². The van der Waals surface area contributed by atoms with Crippen molar-refractivity contribution in [2.45, 2.75) is 4.90 Å². The molecule has 0 saturated carbocycles. The van der Waals surface area contributed by atoms with Gasteiger partial charge in [0.15, 0.2) is 9.84 Å². The van der Waals surface area contributed by atoms with E-state index >= 15 is 0 Å². The molecule has 0 fully saturated rings. The monoisotopic (exact) mass is 314 g/mol. The van der Waals surface area contributed by atoms with Gasteiger partial charge in [-0.3, -0.25) is 0 Å². The quantitative estimate of drug-likeness (QED) is 0.853. The highest BCUT2D eigenvalue weighted by Crippen LogP contribution is 2.29. The molecule has 3 N–H and O–H groups in total. The van der Waals surface area contributed by atoms with Gasteiger partial charge in [0.1, 0.15) is 5.82 Å². The van der Waals surface area contributed by atoms with Crippen LogP contribution in [0.25, 0.3) is 0 Å². The van der Waals surface area contributed by atoms with Gasteiger partial charge in [-0.15, -0.1) is 0 Å². The van der Waals surface area contributed by atoms with Crippen molar-refractivity contribution in [1.29, 1.82) is 0 Å². The van der Waals surface area contributed by atoms with Crippen molar-refractivity contribution in [3.63, 3.8) is 0 Å². The normalized spacial score (nSPS) is 11.3. The summed E-state index contributed by atoms with van der Waals surface area (Å²) in [6.45, 7) is 0. The van der Waals surface area contributed by atoms with Crippen LogP contribution in [0, 0.1) is 5.82 Å². The lowest BCUT2D eigenvalue weighted by molar-refractivity contribution is 0.602. The van der Waals surface area contributed by atoms with Crippen molar-refractivity contribution in [2.75, 3.05) is 17.3 Å². The van der Waals surface area contributed by atoms with Gasteiger partial charge in [-0.2, -0.15) is 0 Å². The van der Waals surface area contributed by atoms with Crippen molar-refractivity contribution >= 4 is 38.5 Å². The van der Waals surface area contributed by atoms with Crippen molar-refractivity contribution < 1.29 is 12.8 Å². The molecular weight excluding hydrogens is 303 g/mol. The molecule has 0 aliphatic carbocycles. The summed E-state index contributed by atoms with van der Waals surface area (Å²) in [6, 6.07) is 8.55. The van der Waals surface area contributed by atoms with Crippen LogP contribution < -0.4 is 11.1 Å². The summed E-state index contributed by atoms with van der Waals surface area (Å²) in [5.41, 5.74) is 6.97. The minimum absolute atomic E-state index is 0.0551. The Morgan fingerprint density at radius 3 is 2.35 bits per heavy atom. The van der Waals surface area contributed by atoms with Gasteiger partial charge in [-0.25, -0.2) is 12.8 Å². The third-order valence-corrected chi connectivity index (χ3v) is 4.07. The molecule has 2 aromatic rings. The van der Waals surface area contributed by atoms with Gasteiger partial charge in [0.25, 0.3) is 0 Å². The van der Waals surface area contributed by atoms with E-state index in [0.29, 0.717) is 17.1 Å². The summed E-state index contributed by atoms with van der Waals surface area (Å²) >= 11 is 5.61. The molecule has 4 nitrogen and oxygen atoms in total. The molecule has 0 aromatic heterocycles. The van der Waals surface area contributed by atoms with Gasteiger partial charge in [-0.05, 0) is 30.3 Å². The first-order valence-electron chi connectivity index (χ1n) is 5.59. The highest BCUT2D eigenvalue weighted by Gasteiger charge is 2.08. The third kappa shape index (κ3) is 3.20. The minimum Gasteiger partial charge on any atom is -0.397 e. The number of hydrogen-bond donors (Lipinski definition) is 2. The zero-order chi connectivity index (χ0) is 14.9. The zero-order valence-corrected chi connectivity index (χ0v) is 12.1. The van der Waals surface area contributed by atoms with Gasteiger partial charge < -0.3 is 11.1 Å². The molecule has 0 aliphatic rings. The first-order valence-corrected chi connectivity index (χ1v) is 7.86. The van der Waals surface area contributed by atoms with Crippen LogP contribution in [0.4, 0.5) is 21.5 Å². The number of nitrogens with two attached hydrogens (primary N) is 1. The molecule has 106 valence electrons. The number of anilines is 3. The average Bonchev–Trinajstić information content (AvgIpc) is 2.35. The van der Waals surface area contributed by atoms with Crippen LogP contribution in [0.1, 0.15) is 0 Å². The lowest BCUT2D eigenvalue weighted by Gasteiger charge is -2.10. The van der Waals surface area contributed by atoms with Crippen LogP contribution in [0.3, 0.4) is 0 Å². The Labute approximate surface area is 121 Å². The molecule has 0 radical (unpaired) electrons. The first kappa shape index (κ1) is 14.6. The minimum atomic E-state index is -3.24. The molecule has 0 aliphatic heterocycles. The van der Waals surface area contributed by atoms with E-state index in [1.54, 1.807) is 12.1 Å². The van der Waals surface area contributed by atoms with Crippen LogP contribution in [0.15, 0.2) is 41.3 Å². The molecule has 0 bridgehead atoms. The second-order valence-electron chi connectivity index (χ2n) is 4.28. The van der Waals surface area contributed by atoms with Crippen LogP contribution in [0.2, 0.25) is 5.02 Å². The molecular formula is C13H12ClFN2O2S. The van der Waals surface area contributed by atoms with Crippen LogP contribution >= 0.6 is 11.6 Å². The number of rotatable bonds is 3. The number of sulfone groups is 1. The van der Waals surface area contributed by atoms with Gasteiger partial charge >= 0.3 is 0 Å². The maximum absolute atomic E-state index is 13.4. The molecule has 20 heavy (non-hydrogen) atoms. The summed E-state index contributed by atoms with van der Waals surface area (Å²) in [7, 11) is -3.24. The van der Waals surface area contributed by atoms with E-state index in [1.165, 1.54) is 24.3 Å². The van der Waals surface area contributed by atoms with Gasteiger partial charge in [0.05, 0.1) is 21.3 Å². The number of halogens is 2. The highest BCUT2D eigenvalue weighted by atomic mass is 35.5. The number of benzene rings is 2. The van der Waals surface area contributed by atoms with E-state index < -0.39 is 15.7 Å². The molecule has 7 heteroatoms. The van der Waals surface area contributed by atoms with E-state index in [4.69, 9.17) is 17.3 Å². The molecule has 0 saturated heterocycles. The Morgan fingerprint density at radius 1 is 1.20 bits per heavy atom. The van der Waals surface area contributed by atoms with Gasteiger partial charge in [-0.1, -0.05) is 11.6 Å². The highest BCUT2D eigenvalue weighted by molar-refractivity contribution is 7.90. The van der Waals surface area contributed by atoms with E-state index in [0.717, 1.165) is 6.26 Å². The molecule has 2 rings (SSSR count). The summed E-state index contributed by atoms with van der Waals surface area (Å²) < 4.78 is 36.0. The smallest absolute Gasteiger partial charge is 0.175 e. The summed E-state index contributed by atoms with van der Waals surface area (Å²) in [6.07, 6.45) is 1.13. The average molecular weight is 315 g/mol. The van der Waals surface area contributed by atoms with Gasteiger partial charge in [0.2, 0.25) is 0 Å². The van der Waals surface area contributed by atoms with E-state index in [2.05, 4.69) is 5.32 Å². The van der Waals surface area contributed by atoms with Crippen molar-refractivity contribution in [1.82, 2.24) is 0 Å². The lowest BCUT2D eigenvalue weighted by atomic mass is 10.2. The Balaban J connectivity index is 2.29. The Morgan fingerprint density at radius 2 is 1.80 bits per heavy atom. The number of nitrogen functional groups attached to an aromatic ring is 1. The van der Waals surface area contributed by atoms with E-state index in [9.17, 15) is 12.8 Å². The standard InChI is InChI=1S/C13H12ClFN2O2S/c1-20(18,19)9-4-2-8(3-5-9)17-13-7-11(15)10(14)6-12(13)16/h2-7,17H,16H2,1H3. The van der Waals surface area contributed by atoms with Crippen LogP contribution in [0.5, 0.6) is 0 Å². The van der Waals surface area contributed by atoms with Crippen LogP contribution in [-0.4, -0.2) is 14.7 Å². The topological polar surface area (TPSA) is 72.2 Å². The first-order chi connectivity index (χ1) is 9.27. The predicted octanol–water partition coefficient (Wildman–Crippen LogP) is 3.21. The summed E-state index contributed by atoms with van der Waals surface area (Å²) in [5, 5.41) is 2.85. The maximum Gasteiger partial charge on any atom is 0.175 e. The molecule has 0 spiro atoms. The van der Waals surface area contributed by atoms with Crippen molar-refractivity contribution in [3.05, 3.63) is 47.2 Å².